The normalized spacial score (nSPS) is 12.4. The number of hydrogen-bond donors (Lipinski definition) is 3. The average Bonchev–Trinajstić information content (AvgIpc) is 2.34. The Kier molecular flexibility index (Phi) is 5.43. The fraction of sp³-hybridized carbons (Fsp3) is 0.429. The Morgan fingerprint density at radius 3 is 2.43 bits per heavy atom. The third-order valence-electron chi connectivity index (χ3n) is 2.80. The number of aliphatic carboxylic acids is 1. The summed E-state index contributed by atoms with van der Waals surface area (Å²) in [5.41, 5.74) is -0.262. The van der Waals surface area contributed by atoms with Crippen molar-refractivity contribution in [3.8, 4) is 5.75 Å². The lowest BCUT2D eigenvalue weighted by atomic mass is 9.87. The van der Waals surface area contributed by atoms with Crippen molar-refractivity contribution in [1.82, 2.24) is 5.32 Å². The van der Waals surface area contributed by atoms with Crippen LogP contribution in [0.25, 0.3) is 0 Å². The predicted octanol–water partition coefficient (Wildman–Crippen LogP) is 2.97. The van der Waals surface area contributed by atoms with Crippen molar-refractivity contribution in [3.05, 3.63) is 23.2 Å². The van der Waals surface area contributed by atoms with Gasteiger partial charge in [0.15, 0.2) is 0 Å². The Morgan fingerprint density at radius 2 is 1.95 bits per heavy atom. The molecule has 1 aromatic rings. The molecule has 0 saturated heterocycles. The molecule has 2 amide bonds. The summed E-state index contributed by atoms with van der Waals surface area (Å²) < 4.78 is 5.10. The summed E-state index contributed by atoms with van der Waals surface area (Å²) in [5.74, 6) is -0.673. The molecule has 0 aliphatic rings. The lowest BCUT2D eigenvalue weighted by Crippen LogP contribution is -2.50. The van der Waals surface area contributed by atoms with Crippen molar-refractivity contribution in [2.75, 3.05) is 12.4 Å². The number of carbonyl (C=O) groups excluding carboxylic acids is 1. The van der Waals surface area contributed by atoms with E-state index in [-0.39, 0.29) is 0 Å². The molecular formula is C14H19ClN2O4. The summed E-state index contributed by atoms with van der Waals surface area (Å²) in [5, 5.41) is 14.6. The third kappa shape index (κ3) is 4.82. The first kappa shape index (κ1) is 17.1. The van der Waals surface area contributed by atoms with E-state index in [4.69, 9.17) is 16.3 Å². The van der Waals surface area contributed by atoms with E-state index < -0.39 is 23.5 Å². The first-order valence-corrected chi connectivity index (χ1v) is 6.67. The number of methoxy groups -OCH3 is 1. The van der Waals surface area contributed by atoms with Gasteiger partial charge >= 0.3 is 12.0 Å². The zero-order chi connectivity index (χ0) is 16.2. The molecule has 0 fully saturated rings. The summed E-state index contributed by atoms with van der Waals surface area (Å²) in [6.07, 6.45) is 0. The molecular weight excluding hydrogens is 296 g/mol. The second-order valence-electron chi connectivity index (χ2n) is 5.58. The lowest BCUT2D eigenvalue weighted by molar-refractivity contribution is -0.141. The van der Waals surface area contributed by atoms with E-state index in [1.54, 1.807) is 32.9 Å². The molecule has 0 heterocycles. The van der Waals surface area contributed by atoms with Crippen LogP contribution in [-0.2, 0) is 4.79 Å². The first-order chi connectivity index (χ1) is 9.65. The molecule has 6 nitrogen and oxygen atoms in total. The number of halogens is 1. The highest BCUT2D eigenvalue weighted by Gasteiger charge is 2.32. The Labute approximate surface area is 128 Å². The van der Waals surface area contributed by atoms with Gasteiger partial charge in [-0.25, -0.2) is 9.59 Å². The zero-order valence-electron chi connectivity index (χ0n) is 12.4. The summed E-state index contributed by atoms with van der Waals surface area (Å²) >= 11 is 5.86. The minimum Gasteiger partial charge on any atom is -0.495 e. The highest BCUT2D eigenvalue weighted by atomic mass is 35.5. The maximum atomic E-state index is 12.0. The van der Waals surface area contributed by atoms with Gasteiger partial charge in [0.2, 0.25) is 0 Å². The van der Waals surface area contributed by atoms with E-state index >= 15 is 0 Å². The number of carboxylic acid groups (broad SMARTS) is 1. The molecule has 3 N–H and O–H groups in total. The van der Waals surface area contributed by atoms with Gasteiger partial charge in [-0.1, -0.05) is 32.4 Å². The molecule has 0 aromatic heterocycles. The lowest BCUT2D eigenvalue weighted by Gasteiger charge is -2.27. The van der Waals surface area contributed by atoms with Crippen molar-refractivity contribution in [1.29, 1.82) is 0 Å². The molecule has 0 aliphatic heterocycles. The van der Waals surface area contributed by atoms with Crippen LogP contribution in [0.4, 0.5) is 10.5 Å². The number of benzene rings is 1. The summed E-state index contributed by atoms with van der Waals surface area (Å²) in [6.45, 7) is 5.18. The topological polar surface area (TPSA) is 87.7 Å². The Morgan fingerprint density at radius 1 is 1.33 bits per heavy atom. The second kappa shape index (κ2) is 6.67. The van der Waals surface area contributed by atoms with E-state index in [9.17, 15) is 14.7 Å². The van der Waals surface area contributed by atoms with Crippen molar-refractivity contribution in [2.24, 2.45) is 5.41 Å². The van der Waals surface area contributed by atoms with Crippen molar-refractivity contribution in [3.63, 3.8) is 0 Å². The molecule has 0 radical (unpaired) electrons. The molecule has 1 atom stereocenters. The molecule has 0 saturated carbocycles. The molecule has 1 unspecified atom stereocenters. The number of anilines is 1. The fourth-order valence-corrected chi connectivity index (χ4v) is 1.89. The monoisotopic (exact) mass is 314 g/mol. The van der Waals surface area contributed by atoms with Gasteiger partial charge in [-0.3, -0.25) is 0 Å². The predicted molar refractivity (Wildman–Crippen MR) is 81.0 cm³/mol. The minimum absolute atomic E-state index is 0.362. The van der Waals surface area contributed by atoms with E-state index in [1.165, 1.54) is 13.2 Å². The summed E-state index contributed by atoms with van der Waals surface area (Å²) in [6, 6.07) is 3.09. The number of nitrogens with one attached hydrogen (secondary N) is 2. The number of ether oxygens (including phenoxy) is 1. The zero-order valence-corrected chi connectivity index (χ0v) is 13.1. The average molecular weight is 315 g/mol. The smallest absolute Gasteiger partial charge is 0.326 e. The van der Waals surface area contributed by atoms with Crippen LogP contribution in [0.3, 0.4) is 0 Å². The SMILES string of the molecule is COc1ccc(Cl)cc1NC(=O)NC(C(=O)O)C(C)(C)C. The van der Waals surface area contributed by atoms with Crippen molar-refractivity contribution < 1.29 is 19.4 Å². The number of urea groups is 1. The Hall–Kier alpha value is -1.95. The third-order valence-corrected chi connectivity index (χ3v) is 3.03. The van der Waals surface area contributed by atoms with Gasteiger partial charge in [0.1, 0.15) is 11.8 Å². The quantitative estimate of drug-likeness (QED) is 0.797. The van der Waals surface area contributed by atoms with Crippen LogP contribution < -0.4 is 15.4 Å². The molecule has 116 valence electrons. The van der Waals surface area contributed by atoms with Gasteiger partial charge in [-0.05, 0) is 23.6 Å². The molecule has 0 aliphatic carbocycles. The van der Waals surface area contributed by atoms with Crippen LogP contribution in [0, 0.1) is 5.41 Å². The highest BCUT2D eigenvalue weighted by Crippen LogP contribution is 2.27. The Balaban J connectivity index is 2.86. The van der Waals surface area contributed by atoms with Crippen LogP contribution >= 0.6 is 11.6 Å². The molecule has 7 heteroatoms. The Bertz CT molecular complexity index is 540. The molecule has 1 aromatic carbocycles. The van der Waals surface area contributed by atoms with Crippen LogP contribution in [0.1, 0.15) is 20.8 Å². The minimum atomic E-state index is -1.10. The number of amides is 2. The first-order valence-electron chi connectivity index (χ1n) is 6.29. The maximum Gasteiger partial charge on any atom is 0.326 e. The van der Waals surface area contributed by atoms with E-state index in [2.05, 4.69) is 10.6 Å². The molecule has 0 spiro atoms. The van der Waals surface area contributed by atoms with Crippen LogP contribution in [-0.4, -0.2) is 30.3 Å². The van der Waals surface area contributed by atoms with Gasteiger partial charge in [0, 0.05) is 5.02 Å². The van der Waals surface area contributed by atoms with Gasteiger partial charge in [-0.15, -0.1) is 0 Å². The molecule has 0 bridgehead atoms. The molecule has 1 rings (SSSR count). The van der Waals surface area contributed by atoms with Gasteiger partial charge in [0.05, 0.1) is 12.8 Å². The van der Waals surface area contributed by atoms with E-state index in [1.807, 2.05) is 0 Å². The van der Waals surface area contributed by atoms with Crippen LogP contribution in [0.15, 0.2) is 18.2 Å². The highest BCUT2D eigenvalue weighted by molar-refractivity contribution is 6.31. The molecule has 21 heavy (non-hydrogen) atoms. The number of carbonyl (C=O) groups is 2. The standard InChI is InChI=1S/C14H19ClN2O4/c1-14(2,3)11(12(18)19)17-13(20)16-9-7-8(15)5-6-10(9)21-4/h5-7,11H,1-4H3,(H,18,19)(H2,16,17,20). The van der Waals surface area contributed by atoms with Gasteiger partial charge in [0.25, 0.3) is 0 Å². The number of hydrogen-bond acceptors (Lipinski definition) is 3. The van der Waals surface area contributed by atoms with Crippen molar-refractivity contribution >= 4 is 29.3 Å². The van der Waals surface area contributed by atoms with E-state index in [0.29, 0.717) is 16.5 Å². The largest absolute Gasteiger partial charge is 0.495 e. The van der Waals surface area contributed by atoms with Crippen molar-refractivity contribution in [2.45, 2.75) is 26.8 Å². The van der Waals surface area contributed by atoms with Crippen LogP contribution in [0.5, 0.6) is 5.75 Å². The number of carboxylic acids is 1. The maximum absolute atomic E-state index is 12.0. The summed E-state index contributed by atoms with van der Waals surface area (Å²) in [7, 11) is 1.46. The fourth-order valence-electron chi connectivity index (χ4n) is 1.72. The van der Waals surface area contributed by atoms with Gasteiger partial charge in [-0.2, -0.15) is 0 Å². The second-order valence-corrected chi connectivity index (χ2v) is 6.02. The van der Waals surface area contributed by atoms with Crippen LogP contribution in [0.2, 0.25) is 5.02 Å². The summed E-state index contributed by atoms with van der Waals surface area (Å²) in [4.78, 5) is 23.2. The number of rotatable bonds is 4. The van der Waals surface area contributed by atoms with E-state index in [0.717, 1.165) is 0 Å². The van der Waals surface area contributed by atoms with Gasteiger partial charge < -0.3 is 20.5 Å².